The quantitative estimate of drug-likeness (QED) is 0.216. The molecule has 0 heterocycles. The standard InChI is InChI=1S/C28H35NO11/c1-17(2)35-26(31)39-23-13-12-20(15-24(23)40-27(32)36-18(3)4)14-22(25(30)34-6)29-16-19(5)37-28(33)38-21-10-8-7-9-11-21/h7-13,15,17-19,22,29H,14,16H2,1-6H3/t19?,22-/m0/s1. The molecule has 0 aliphatic heterocycles. The number of methoxy groups -OCH3 is 1. The van der Waals surface area contributed by atoms with Crippen molar-refractivity contribution >= 4 is 24.4 Å². The summed E-state index contributed by atoms with van der Waals surface area (Å²) < 4.78 is 35.7. The van der Waals surface area contributed by atoms with E-state index in [0.29, 0.717) is 11.3 Å². The minimum atomic E-state index is -1.01. The summed E-state index contributed by atoms with van der Waals surface area (Å²) in [5.41, 5.74) is 0.525. The first kappa shape index (κ1) is 31.9. The fourth-order valence-corrected chi connectivity index (χ4v) is 3.20. The molecular weight excluding hydrogens is 526 g/mol. The Morgan fingerprint density at radius 1 is 0.725 bits per heavy atom. The first-order valence-electron chi connectivity index (χ1n) is 12.6. The average molecular weight is 562 g/mol. The van der Waals surface area contributed by atoms with Gasteiger partial charge in [-0.3, -0.25) is 4.79 Å². The summed E-state index contributed by atoms with van der Waals surface area (Å²) in [4.78, 5) is 48.7. The Bertz CT molecular complexity index is 1130. The van der Waals surface area contributed by atoms with E-state index in [0.717, 1.165) is 0 Å². The number of carbonyl (C=O) groups excluding carboxylic acids is 4. The van der Waals surface area contributed by atoms with Crippen LogP contribution in [0.3, 0.4) is 0 Å². The van der Waals surface area contributed by atoms with E-state index in [-0.39, 0.29) is 24.5 Å². The molecule has 0 saturated carbocycles. The average Bonchev–Trinajstić information content (AvgIpc) is 2.87. The molecule has 0 saturated heterocycles. The van der Waals surface area contributed by atoms with E-state index in [4.69, 9.17) is 33.2 Å². The molecule has 1 N–H and O–H groups in total. The molecule has 2 atom stereocenters. The lowest BCUT2D eigenvalue weighted by Crippen LogP contribution is -2.43. The van der Waals surface area contributed by atoms with Gasteiger partial charge >= 0.3 is 24.4 Å². The Morgan fingerprint density at radius 3 is 1.88 bits per heavy atom. The molecule has 0 spiro atoms. The summed E-state index contributed by atoms with van der Waals surface area (Å²) in [5, 5.41) is 3.00. The van der Waals surface area contributed by atoms with Gasteiger partial charge in [-0.25, -0.2) is 14.4 Å². The van der Waals surface area contributed by atoms with E-state index in [2.05, 4.69) is 5.32 Å². The van der Waals surface area contributed by atoms with Crippen LogP contribution in [0.2, 0.25) is 0 Å². The van der Waals surface area contributed by atoms with Gasteiger partial charge in [0.05, 0.1) is 19.3 Å². The Kier molecular flexibility index (Phi) is 12.7. The van der Waals surface area contributed by atoms with Crippen molar-refractivity contribution in [1.29, 1.82) is 0 Å². The monoisotopic (exact) mass is 561 g/mol. The van der Waals surface area contributed by atoms with E-state index in [1.807, 2.05) is 0 Å². The predicted molar refractivity (Wildman–Crippen MR) is 141 cm³/mol. The first-order valence-corrected chi connectivity index (χ1v) is 12.6. The summed E-state index contributed by atoms with van der Waals surface area (Å²) >= 11 is 0. The van der Waals surface area contributed by atoms with Crippen molar-refractivity contribution in [2.75, 3.05) is 13.7 Å². The fraction of sp³-hybridized carbons (Fsp3) is 0.429. The topological polar surface area (TPSA) is 145 Å². The number of hydrogen-bond acceptors (Lipinski definition) is 12. The molecule has 40 heavy (non-hydrogen) atoms. The van der Waals surface area contributed by atoms with E-state index in [1.165, 1.54) is 19.2 Å². The SMILES string of the molecule is COC(=O)[C@H](Cc1ccc(OC(=O)OC(C)C)c(OC(=O)OC(C)C)c1)NCC(C)OC(=O)Oc1ccccc1. The third kappa shape index (κ3) is 11.6. The van der Waals surface area contributed by atoms with Crippen molar-refractivity contribution < 1.29 is 52.3 Å². The van der Waals surface area contributed by atoms with E-state index in [9.17, 15) is 19.2 Å². The first-order chi connectivity index (χ1) is 19.0. The van der Waals surface area contributed by atoms with Gasteiger partial charge in [0.25, 0.3) is 0 Å². The Balaban J connectivity index is 2.11. The number of rotatable bonds is 12. The minimum Gasteiger partial charge on any atom is -0.468 e. The lowest BCUT2D eigenvalue weighted by molar-refractivity contribution is -0.143. The van der Waals surface area contributed by atoms with Crippen molar-refractivity contribution in [3.63, 3.8) is 0 Å². The third-order valence-corrected chi connectivity index (χ3v) is 4.88. The summed E-state index contributed by atoms with van der Waals surface area (Å²) in [6.45, 7) is 8.32. The largest absolute Gasteiger partial charge is 0.514 e. The highest BCUT2D eigenvalue weighted by atomic mass is 16.8. The van der Waals surface area contributed by atoms with Crippen LogP contribution in [-0.2, 0) is 30.2 Å². The van der Waals surface area contributed by atoms with Gasteiger partial charge in [0, 0.05) is 6.54 Å². The number of hydrogen-bond donors (Lipinski definition) is 1. The van der Waals surface area contributed by atoms with Gasteiger partial charge in [0.1, 0.15) is 17.9 Å². The van der Waals surface area contributed by atoms with Gasteiger partial charge in [0.15, 0.2) is 11.5 Å². The molecular formula is C28H35NO11. The second-order valence-corrected chi connectivity index (χ2v) is 9.10. The molecule has 0 aliphatic carbocycles. The number of esters is 1. The molecule has 2 rings (SSSR count). The maximum absolute atomic E-state index is 12.5. The van der Waals surface area contributed by atoms with Crippen molar-refractivity contribution in [3.8, 4) is 17.2 Å². The molecule has 0 aliphatic rings. The highest BCUT2D eigenvalue weighted by Crippen LogP contribution is 2.30. The van der Waals surface area contributed by atoms with E-state index in [1.54, 1.807) is 71.0 Å². The van der Waals surface area contributed by atoms with Crippen LogP contribution in [-0.4, -0.2) is 62.4 Å². The normalized spacial score (nSPS) is 12.2. The van der Waals surface area contributed by atoms with Gasteiger partial charge in [-0.1, -0.05) is 24.3 Å². The molecule has 0 amide bonds. The molecule has 0 radical (unpaired) electrons. The molecule has 2 aromatic carbocycles. The van der Waals surface area contributed by atoms with Crippen molar-refractivity contribution in [3.05, 3.63) is 54.1 Å². The molecule has 0 fully saturated rings. The van der Waals surface area contributed by atoms with Crippen molar-refractivity contribution in [1.82, 2.24) is 5.32 Å². The Morgan fingerprint density at radius 2 is 1.30 bits per heavy atom. The smallest absolute Gasteiger partial charge is 0.468 e. The third-order valence-electron chi connectivity index (χ3n) is 4.88. The highest BCUT2D eigenvalue weighted by molar-refractivity contribution is 5.76. The molecule has 12 nitrogen and oxygen atoms in total. The van der Waals surface area contributed by atoms with Crippen LogP contribution in [0.5, 0.6) is 17.2 Å². The second-order valence-electron chi connectivity index (χ2n) is 9.10. The number of carbonyl (C=O) groups is 4. The summed E-state index contributed by atoms with van der Waals surface area (Å²) in [5.74, 6) is -0.452. The molecule has 0 bridgehead atoms. The zero-order chi connectivity index (χ0) is 29.7. The van der Waals surface area contributed by atoms with Crippen molar-refractivity contribution in [2.24, 2.45) is 0 Å². The van der Waals surface area contributed by atoms with Gasteiger partial charge in [0.2, 0.25) is 0 Å². The number of benzene rings is 2. The van der Waals surface area contributed by atoms with Gasteiger partial charge in [-0.2, -0.15) is 0 Å². The zero-order valence-electron chi connectivity index (χ0n) is 23.3. The molecule has 218 valence electrons. The van der Waals surface area contributed by atoms with Gasteiger partial charge in [-0.05, 0) is 70.9 Å². The lowest BCUT2D eigenvalue weighted by atomic mass is 10.0. The molecule has 0 aromatic heterocycles. The van der Waals surface area contributed by atoms with Crippen molar-refractivity contribution in [2.45, 2.75) is 65.4 Å². The summed E-state index contributed by atoms with van der Waals surface area (Å²) in [6, 6.07) is 12.0. The molecule has 1 unspecified atom stereocenters. The van der Waals surface area contributed by atoms with E-state index >= 15 is 0 Å². The van der Waals surface area contributed by atoms with Crippen LogP contribution in [0.15, 0.2) is 48.5 Å². The molecule has 2 aromatic rings. The lowest BCUT2D eigenvalue weighted by Gasteiger charge is -2.20. The number of nitrogens with one attached hydrogen (secondary N) is 1. The Hall–Kier alpha value is -4.32. The maximum atomic E-state index is 12.5. The predicted octanol–water partition coefficient (Wildman–Crippen LogP) is 4.81. The van der Waals surface area contributed by atoms with Gasteiger partial charge in [-0.15, -0.1) is 0 Å². The second kappa shape index (κ2) is 15.9. The number of para-hydroxylation sites is 1. The fourth-order valence-electron chi connectivity index (χ4n) is 3.20. The summed E-state index contributed by atoms with van der Waals surface area (Å²) in [6.07, 6.45) is -4.34. The maximum Gasteiger partial charge on any atom is 0.514 e. The Labute approximate surface area is 232 Å². The highest BCUT2D eigenvalue weighted by Gasteiger charge is 2.24. The van der Waals surface area contributed by atoms with Crippen LogP contribution in [0.25, 0.3) is 0 Å². The van der Waals surface area contributed by atoms with Crippen LogP contribution in [0, 0.1) is 0 Å². The minimum absolute atomic E-state index is 0.0835. The zero-order valence-corrected chi connectivity index (χ0v) is 23.3. The molecule has 12 heteroatoms. The van der Waals surface area contributed by atoms with Crippen LogP contribution < -0.4 is 19.5 Å². The van der Waals surface area contributed by atoms with Crippen LogP contribution in [0.1, 0.15) is 40.2 Å². The van der Waals surface area contributed by atoms with Crippen LogP contribution >= 0.6 is 0 Å². The van der Waals surface area contributed by atoms with Gasteiger partial charge < -0.3 is 38.5 Å². The summed E-state index contributed by atoms with van der Waals surface area (Å²) in [7, 11) is 1.24. The number of ether oxygens (including phenoxy) is 7. The van der Waals surface area contributed by atoms with Crippen LogP contribution in [0.4, 0.5) is 14.4 Å². The van der Waals surface area contributed by atoms with E-state index < -0.39 is 48.8 Å².